The van der Waals surface area contributed by atoms with E-state index in [1.165, 1.54) is 0 Å². The van der Waals surface area contributed by atoms with Crippen LogP contribution < -0.4 is 5.01 Å². The Morgan fingerprint density at radius 3 is 2.83 bits per heavy atom. The molecule has 1 aromatic carbocycles. The molecular formula is C14H18N2O2. The van der Waals surface area contributed by atoms with E-state index in [1.54, 1.807) is 12.1 Å². The molecule has 0 aromatic heterocycles. The lowest BCUT2D eigenvalue weighted by molar-refractivity contribution is -0.126. The topological polar surface area (TPSA) is 40.6 Å². The van der Waals surface area contributed by atoms with Crippen molar-refractivity contribution in [1.29, 1.82) is 0 Å². The first-order valence-electron chi connectivity index (χ1n) is 6.21. The molecule has 0 spiro atoms. The minimum Gasteiger partial charge on any atom is -0.303 e. The van der Waals surface area contributed by atoms with E-state index in [2.05, 4.69) is 6.07 Å². The fraction of sp³-hybridized carbons (Fsp3) is 0.429. The lowest BCUT2D eigenvalue weighted by Gasteiger charge is -2.26. The van der Waals surface area contributed by atoms with Crippen molar-refractivity contribution < 1.29 is 9.59 Å². The molecule has 1 heterocycles. The van der Waals surface area contributed by atoms with E-state index >= 15 is 0 Å². The number of hydrogen-bond donors (Lipinski definition) is 0. The molecular weight excluding hydrogens is 228 g/mol. The molecule has 0 aliphatic carbocycles. The zero-order chi connectivity index (χ0) is 13.1. The number of carbonyl (C=O) groups excluding carboxylic acids is 2. The van der Waals surface area contributed by atoms with Gasteiger partial charge < -0.3 is 4.79 Å². The molecule has 1 fully saturated rings. The fourth-order valence-electron chi connectivity index (χ4n) is 2.22. The molecule has 4 nitrogen and oxygen atoms in total. The molecule has 0 radical (unpaired) electrons. The second-order valence-electron chi connectivity index (χ2n) is 4.69. The third kappa shape index (κ3) is 2.37. The number of anilines is 1. The smallest absolute Gasteiger partial charge is 0.242 e. The van der Waals surface area contributed by atoms with Gasteiger partial charge in [-0.2, -0.15) is 0 Å². The van der Waals surface area contributed by atoms with Crippen molar-refractivity contribution >= 4 is 17.9 Å². The van der Waals surface area contributed by atoms with Crippen LogP contribution >= 0.6 is 0 Å². The maximum absolute atomic E-state index is 11.5. The van der Waals surface area contributed by atoms with Crippen molar-refractivity contribution in [3.05, 3.63) is 29.8 Å². The minimum absolute atomic E-state index is 0.140. The van der Waals surface area contributed by atoms with Crippen LogP contribution in [0.4, 0.5) is 5.69 Å². The molecule has 18 heavy (non-hydrogen) atoms. The van der Waals surface area contributed by atoms with Gasteiger partial charge in [-0.15, -0.1) is 0 Å². The summed E-state index contributed by atoms with van der Waals surface area (Å²) in [5.41, 5.74) is 2.14. The fourth-order valence-corrected chi connectivity index (χ4v) is 2.22. The average molecular weight is 246 g/mol. The standard InChI is InChI=1S/C14H18N2O2/c1-11(7-9-17)12-4-3-5-13(10-12)16-8-6-14(18)15(16)2/h3-5,9-11H,6-8H2,1-2H3. The van der Waals surface area contributed by atoms with Gasteiger partial charge in [0.05, 0.1) is 5.69 Å². The Morgan fingerprint density at radius 1 is 1.44 bits per heavy atom. The largest absolute Gasteiger partial charge is 0.303 e. The van der Waals surface area contributed by atoms with E-state index in [9.17, 15) is 9.59 Å². The average Bonchev–Trinajstić information content (AvgIpc) is 2.71. The highest BCUT2D eigenvalue weighted by atomic mass is 16.2. The van der Waals surface area contributed by atoms with E-state index in [4.69, 9.17) is 0 Å². The zero-order valence-electron chi connectivity index (χ0n) is 10.8. The van der Waals surface area contributed by atoms with E-state index in [-0.39, 0.29) is 11.8 Å². The highest BCUT2D eigenvalue weighted by Crippen LogP contribution is 2.26. The Hall–Kier alpha value is -1.84. The first-order valence-corrected chi connectivity index (χ1v) is 6.21. The minimum atomic E-state index is 0.140. The second-order valence-corrected chi connectivity index (χ2v) is 4.69. The van der Waals surface area contributed by atoms with Crippen molar-refractivity contribution in [2.24, 2.45) is 0 Å². The van der Waals surface area contributed by atoms with Crippen LogP contribution in [0, 0.1) is 0 Å². The first kappa shape index (κ1) is 12.6. The van der Waals surface area contributed by atoms with Crippen LogP contribution in [0.2, 0.25) is 0 Å². The molecule has 1 aliphatic heterocycles. The SMILES string of the molecule is CC(CC=O)c1cccc(N2CCC(=O)N2C)c1. The van der Waals surface area contributed by atoms with Gasteiger partial charge >= 0.3 is 0 Å². The molecule has 1 saturated heterocycles. The van der Waals surface area contributed by atoms with Gasteiger partial charge in [0.1, 0.15) is 6.29 Å². The van der Waals surface area contributed by atoms with Crippen LogP contribution in [0.15, 0.2) is 24.3 Å². The predicted octanol–water partition coefficient (Wildman–Crippen LogP) is 1.96. The normalized spacial score (nSPS) is 17.1. The summed E-state index contributed by atoms with van der Waals surface area (Å²) >= 11 is 0. The van der Waals surface area contributed by atoms with Crippen LogP contribution in [0.3, 0.4) is 0 Å². The van der Waals surface area contributed by atoms with Gasteiger partial charge in [0, 0.05) is 26.4 Å². The van der Waals surface area contributed by atoms with Gasteiger partial charge in [-0.3, -0.25) is 14.8 Å². The molecule has 2 rings (SSSR count). The molecule has 0 N–H and O–H groups in total. The molecule has 96 valence electrons. The van der Waals surface area contributed by atoms with Gasteiger partial charge in [-0.25, -0.2) is 0 Å². The number of benzene rings is 1. The van der Waals surface area contributed by atoms with Crippen molar-refractivity contribution in [2.75, 3.05) is 18.6 Å². The van der Waals surface area contributed by atoms with Gasteiger partial charge in [0.2, 0.25) is 5.91 Å². The summed E-state index contributed by atoms with van der Waals surface area (Å²) in [5.74, 6) is 0.354. The number of rotatable bonds is 4. The van der Waals surface area contributed by atoms with Gasteiger partial charge in [0.15, 0.2) is 0 Å². The Kier molecular flexibility index (Phi) is 3.65. The number of amides is 1. The summed E-state index contributed by atoms with van der Waals surface area (Å²) in [4.78, 5) is 22.1. The molecule has 1 aromatic rings. The van der Waals surface area contributed by atoms with E-state index in [0.29, 0.717) is 12.8 Å². The van der Waals surface area contributed by atoms with Crippen molar-refractivity contribution in [3.63, 3.8) is 0 Å². The van der Waals surface area contributed by atoms with E-state index in [0.717, 1.165) is 24.1 Å². The predicted molar refractivity (Wildman–Crippen MR) is 70.3 cm³/mol. The molecule has 0 bridgehead atoms. The van der Waals surface area contributed by atoms with Gasteiger partial charge in [-0.05, 0) is 23.6 Å². The third-order valence-electron chi connectivity index (χ3n) is 3.45. The highest BCUT2D eigenvalue weighted by molar-refractivity contribution is 5.81. The summed E-state index contributed by atoms with van der Waals surface area (Å²) in [5, 5.41) is 3.63. The first-order chi connectivity index (χ1) is 8.63. The number of hydrazine groups is 1. The molecule has 1 unspecified atom stereocenters. The summed E-state index contributed by atoms with van der Waals surface area (Å²) < 4.78 is 0. The van der Waals surface area contributed by atoms with E-state index in [1.807, 2.05) is 30.1 Å². The third-order valence-corrected chi connectivity index (χ3v) is 3.45. The highest BCUT2D eigenvalue weighted by Gasteiger charge is 2.25. The van der Waals surface area contributed by atoms with Gasteiger partial charge in [-0.1, -0.05) is 19.1 Å². The molecule has 4 heteroatoms. The van der Waals surface area contributed by atoms with Crippen molar-refractivity contribution in [3.8, 4) is 0 Å². The molecule has 1 amide bonds. The Morgan fingerprint density at radius 2 is 2.22 bits per heavy atom. The maximum atomic E-state index is 11.5. The summed E-state index contributed by atoms with van der Waals surface area (Å²) in [6.07, 6.45) is 2.03. The lowest BCUT2D eigenvalue weighted by Crippen LogP contribution is -2.35. The van der Waals surface area contributed by atoms with E-state index < -0.39 is 0 Å². The number of aldehydes is 1. The summed E-state index contributed by atoms with van der Waals surface area (Å²) in [7, 11) is 1.79. The zero-order valence-corrected chi connectivity index (χ0v) is 10.8. The number of nitrogens with zero attached hydrogens (tertiary/aromatic N) is 2. The Bertz CT molecular complexity index is 459. The number of carbonyl (C=O) groups is 2. The lowest BCUT2D eigenvalue weighted by atomic mass is 9.98. The van der Waals surface area contributed by atoms with Crippen LogP contribution in [0.25, 0.3) is 0 Å². The maximum Gasteiger partial charge on any atom is 0.242 e. The molecule has 1 aliphatic rings. The Labute approximate surface area is 107 Å². The summed E-state index contributed by atoms with van der Waals surface area (Å²) in [6.45, 7) is 2.76. The number of hydrogen-bond acceptors (Lipinski definition) is 3. The second kappa shape index (κ2) is 5.21. The monoisotopic (exact) mass is 246 g/mol. The molecule has 0 saturated carbocycles. The van der Waals surface area contributed by atoms with Gasteiger partial charge in [0.25, 0.3) is 0 Å². The van der Waals surface area contributed by atoms with Crippen LogP contribution in [-0.4, -0.2) is 30.8 Å². The van der Waals surface area contributed by atoms with Crippen LogP contribution in [0.1, 0.15) is 31.2 Å². The van der Waals surface area contributed by atoms with Crippen molar-refractivity contribution in [2.45, 2.75) is 25.7 Å². The van der Waals surface area contributed by atoms with Crippen molar-refractivity contribution in [1.82, 2.24) is 5.01 Å². The Balaban J connectivity index is 2.22. The summed E-state index contributed by atoms with van der Waals surface area (Å²) in [6, 6.07) is 8.05. The van der Waals surface area contributed by atoms with Crippen LogP contribution in [0.5, 0.6) is 0 Å². The quantitative estimate of drug-likeness (QED) is 0.763. The van der Waals surface area contributed by atoms with Crippen LogP contribution in [-0.2, 0) is 9.59 Å². The molecule has 1 atom stereocenters.